The number of rotatable bonds is 7. The Balaban J connectivity index is 1.59. The highest BCUT2D eigenvalue weighted by Crippen LogP contribution is 2.27. The van der Waals surface area contributed by atoms with Gasteiger partial charge in [-0.05, 0) is 66.5 Å². The lowest BCUT2D eigenvalue weighted by Gasteiger charge is -2.07. The van der Waals surface area contributed by atoms with E-state index in [1.165, 1.54) is 16.4 Å². The van der Waals surface area contributed by atoms with Crippen LogP contribution in [0.3, 0.4) is 0 Å². The van der Waals surface area contributed by atoms with Crippen molar-refractivity contribution in [2.24, 2.45) is 5.10 Å². The molecule has 34 heavy (non-hydrogen) atoms. The summed E-state index contributed by atoms with van der Waals surface area (Å²) in [5.74, 6) is -0.0129. The molecule has 10 nitrogen and oxygen atoms in total. The molecule has 12 heteroatoms. The molecule has 0 spiro atoms. The molecule has 0 aliphatic carbocycles. The first kappa shape index (κ1) is 23.5. The first-order chi connectivity index (χ1) is 16.3. The third-order valence-corrected chi connectivity index (χ3v) is 6.24. The molecule has 0 fully saturated rings. The van der Waals surface area contributed by atoms with Crippen LogP contribution in [0.5, 0.6) is 0 Å². The van der Waals surface area contributed by atoms with Gasteiger partial charge in [0.25, 0.3) is 5.91 Å². The molecule has 0 saturated heterocycles. The summed E-state index contributed by atoms with van der Waals surface area (Å²) in [6, 6.07) is 11.5. The average molecular weight is 497 g/mol. The number of hydrazone groups is 1. The van der Waals surface area contributed by atoms with Crippen LogP contribution in [-0.2, 0) is 5.75 Å². The molecule has 4 rings (SSSR count). The Bertz CT molecular complexity index is 1340. The minimum atomic E-state index is -0.522. The van der Waals surface area contributed by atoms with Crippen LogP contribution in [0.4, 0.5) is 5.82 Å². The van der Waals surface area contributed by atoms with Crippen LogP contribution in [-0.4, -0.2) is 37.4 Å². The number of amides is 1. The quantitative estimate of drug-likeness (QED) is 0.223. The lowest BCUT2D eigenvalue weighted by atomic mass is 10.0. The molecule has 0 saturated carbocycles. The third kappa shape index (κ3) is 5.10. The van der Waals surface area contributed by atoms with Gasteiger partial charge < -0.3 is 5.73 Å². The molecule has 174 valence electrons. The molecule has 0 aliphatic heterocycles. The van der Waals surface area contributed by atoms with Crippen molar-refractivity contribution in [3.05, 3.63) is 75.1 Å². The number of nitrogens with one attached hydrogen (secondary N) is 1. The lowest BCUT2D eigenvalue weighted by Crippen LogP contribution is -2.20. The van der Waals surface area contributed by atoms with E-state index in [0.717, 1.165) is 27.1 Å². The highest BCUT2D eigenvalue weighted by atomic mass is 35.5. The van der Waals surface area contributed by atoms with Crippen molar-refractivity contribution in [1.29, 1.82) is 0 Å². The number of hydrogen-bond donors (Lipinski definition) is 2. The van der Waals surface area contributed by atoms with Gasteiger partial charge in [-0.3, -0.25) is 4.79 Å². The van der Waals surface area contributed by atoms with Gasteiger partial charge in [0.05, 0.1) is 11.9 Å². The molecule has 4 aromatic rings. The van der Waals surface area contributed by atoms with Gasteiger partial charge in [0.2, 0.25) is 11.6 Å². The Morgan fingerprint density at radius 2 is 1.91 bits per heavy atom. The van der Waals surface area contributed by atoms with E-state index in [1.54, 1.807) is 18.3 Å². The number of nitrogens with zero attached hydrogens (tertiary/aromatic N) is 6. The zero-order valence-corrected chi connectivity index (χ0v) is 20.2. The fraction of sp³-hybridized carbons (Fsp3) is 0.182. The standard InChI is InChI=1S/C22H21ClN8O2S/c1-12-8-13(2)17(14(3)9-12)10-25-27-22(32)19-18(11-34-16-6-4-15(23)5-7-16)31(30-26-19)21-20(24)28-33-29-21/h4-10H,11H2,1-3H3,(H2,24,28)(H,27,32)/b25-10+. The van der Waals surface area contributed by atoms with Crippen LogP contribution in [0.2, 0.25) is 5.02 Å². The number of carbonyl (C=O) groups is 1. The fourth-order valence-electron chi connectivity index (χ4n) is 3.40. The second kappa shape index (κ2) is 10.1. The van der Waals surface area contributed by atoms with Crippen molar-refractivity contribution < 1.29 is 9.42 Å². The predicted octanol–water partition coefficient (Wildman–Crippen LogP) is 3.87. The van der Waals surface area contributed by atoms with Gasteiger partial charge in [-0.2, -0.15) is 9.78 Å². The maximum atomic E-state index is 12.9. The second-order valence-electron chi connectivity index (χ2n) is 7.52. The molecule has 2 aromatic carbocycles. The maximum Gasteiger partial charge on any atom is 0.293 e. The Morgan fingerprint density at radius 3 is 2.56 bits per heavy atom. The summed E-state index contributed by atoms with van der Waals surface area (Å²) in [6.07, 6.45) is 1.62. The summed E-state index contributed by atoms with van der Waals surface area (Å²) >= 11 is 7.43. The number of benzene rings is 2. The Kier molecular flexibility index (Phi) is 6.94. The van der Waals surface area contributed by atoms with Gasteiger partial charge in [0, 0.05) is 21.2 Å². The zero-order valence-electron chi connectivity index (χ0n) is 18.6. The number of halogens is 1. The third-order valence-electron chi connectivity index (χ3n) is 4.96. The van der Waals surface area contributed by atoms with Crippen molar-refractivity contribution in [2.45, 2.75) is 31.4 Å². The summed E-state index contributed by atoms with van der Waals surface area (Å²) in [6.45, 7) is 6.03. The van der Waals surface area contributed by atoms with Gasteiger partial charge in [0.1, 0.15) is 0 Å². The second-order valence-corrected chi connectivity index (χ2v) is 9.01. The van der Waals surface area contributed by atoms with E-state index in [-0.39, 0.29) is 17.3 Å². The molecular formula is C22H21ClN8O2S. The van der Waals surface area contributed by atoms with E-state index in [9.17, 15) is 4.79 Å². The number of carbonyl (C=O) groups excluding carboxylic acids is 1. The number of aromatic nitrogens is 5. The monoisotopic (exact) mass is 496 g/mol. The predicted molar refractivity (Wildman–Crippen MR) is 130 cm³/mol. The molecule has 0 unspecified atom stereocenters. The fourth-order valence-corrected chi connectivity index (χ4v) is 4.42. The van der Waals surface area contributed by atoms with Crippen LogP contribution in [0.25, 0.3) is 5.82 Å². The Labute approximate surface area is 204 Å². The molecule has 0 aliphatic rings. The highest BCUT2D eigenvalue weighted by Gasteiger charge is 2.24. The summed E-state index contributed by atoms with van der Waals surface area (Å²) in [5, 5.41) is 20.2. The molecular weight excluding hydrogens is 476 g/mol. The maximum absolute atomic E-state index is 12.9. The van der Waals surface area contributed by atoms with Gasteiger partial charge in [-0.1, -0.05) is 34.5 Å². The van der Waals surface area contributed by atoms with Crippen LogP contribution in [0.1, 0.15) is 38.4 Å². The number of thioether (sulfide) groups is 1. The average Bonchev–Trinajstić information content (AvgIpc) is 3.40. The van der Waals surface area contributed by atoms with Gasteiger partial charge in [0.15, 0.2) is 5.69 Å². The SMILES string of the molecule is Cc1cc(C)c(/C=N/NC(=O)c2nnn(-c3nonc3N)c2CSc2ccc(Cl)cc2)c(C)c1. The Hall–Kier alpha value is -3.70. The van der Waals surface area contributed by atoms with Crippen LogP contribution < -0.4 is 11.2 Å². The number of nitrogens with two attached hydrogens (primary N) is 1. The lowest BCUT2D eigenvalue weighted by molar-refractivity contribution is 0.0949. The first-order valence-corrected chi connectivity index (χ1v) is 11.5. The van der Waals surface area contributed by atoms with Crippen molar-refractivity contribution in [3.8, 4) is 5.82 Å². The molecule has 2 aromatic heterocycles. The van der Waals surface area contributed by atoms with Gasteiger partial charge in [-0.15, -0.1) is 16.9 Å². The van der Waals surface area contributed by atoms with Crippen LogP contribution in [0.15, 0.2) is 51.0 Å². The summed E-state index contributed by atoms with van der Waals surface area (Å²) in [7, 11) is 0. The normalized spacial score (nSPS) is 11.3. The number of aryl methyl sites for hydroxylation is 3. The van der Waals surface area contributed by atoms with Crippen LogP contribution in [0, 0.1) is 20.8 Å². The number of hydrogen-bond acceptors (Lipinski definition) is 9. The molecule has 0 radical (unpaired) electrons. The van der Waals surface area contributed by atoms with Gasteiger partial charge in [-0.25, -0.2) is 10.1 Å². The molecule has 0 bridgehead atoms. The summed E-state index contributed by atoms with van der Waals surface area (Å²) < 4.78 is 6.02. The number of anilines is 1. The topological polar surface area (TPSA) is 137 Å². The first-order valence-electron chi connectivity index (χ1n) is 10.2. The van der Waals surface area contributed by atoms with Crippen molar-refractivity contribution >= 4 is 41.3 Å². The number of nitrogen functional groups attached to an aromatic ring is 1. The van der Waals surface area contributed by atoms with Crippen molar-refractivity contribution in [1.82, 2.24) is 30.7 Å². The van der Waals surface area contributed by atoms with E-state index < -0.39 is 5.91 Å². The smallest absolute Gasteiger partial charge is 0.293 e. The summed E-state index contributed by atoms with van der Waals surface area (Å²) in [4.78, 5) is 13.9. The van der Waals surface area contributed by atoms with E-state index in [0.29, 0.717) is 16.5 Å². The highest BCUT2D eigenvalue weighted by molar-refractivity contribution is 7.98. The van der Waals surface area contributed by atoms with E-state index in [1.807, 2.05) is 32.9 Å². The van der Waals surface area contributed by atoms with Crippen molar-refractivity contribution in [3.63, 3.8) is 0 Å². The minimum Gasteiger partial charge on any atom is -0.378 e. The molecule has 2 heterocycles. The minimum absolute atomic E-state index is 0.0259. The van der Waals surface area contributed by atoms with Crippen molar-refractivity contribution in [2.75, 3.05) is 5.73 Å². The molecule has 0 atom stereocenters. The van der Waals surface area contributed by atoms with Crippen LogP contribution >= 0.6 is 23.4 Å². The zero-order chi connectivity index (χ0) is 24.2. The molecule has 1 amide bonds. The molecule has 3 N–H and O–H groups in total. The van der Waals surface area contributed by atoms with Gasteiger partial charge >= 0.3 is 0 Å². The van der Waals surface area contributed by atoms with E-state index >= 15 is 0 Å². The van der Waals surface area contributed by atoms with E-state index in [2.05, 4.69) is 47.9 Å². The van der Waals surface area contributed by atoms with E-state index in [4.69, 9.17) is 17.3 Å². The largest absolute Gasteiger partial charge is 0.378 e. The Morgan fingerprint density at radius 1 is 1.21 bits per heavy atom. The summed E-state index contributed by atoms with van der Waals surface area (Å²) in [5.41, 5.74) is 13.1.